The average molecular weight is 246 g/mol. The van der Waals surface area contributed by atoms with Gasteiger partial charge in [0.25, 0.3) is 5.56 Å². The van der Waals surface area contributed by atoms with Crippen LogP contribution in [0.25, 0.3) is 0 Å². The minimum Gasteiger partial charge on any atom is -0.296 e. The van der Waals surface area contributed by atoms with Gasteiger partial charge in [-0.3, -0.25) is 9.36 Å². The van der Waals surface area contributed by atoms with Gasteiger partial charge in [-0.15, -0.1) is 0 Å². The Morgan fingerprint density at radius 2 is 1.56 bits per heavy atom. The third-order valence-electron chi connectivity index (χ3n) is 4.30. The first-order valence-corrected chi connectivity index (χ1v) is 7.48. The van der Waals surface area contributed by atoms with Crippen molar-refractivity contribution in [3.8, 4) is 0 Å². The zero-order valence-electron chi connectivity index (χ0n) is 11.1. The van der Waals surface area contributed by atoms with E-state index in [-0.39, 0.29) is 5.56 Å². The fourth-order valence-electron chi connectivity index (χ4n) is 3.24. The summed E-state index contributed by atoms with van der Waals surface area (Å²) in [6.07, 6.45) is 11.4. The Labute approximate surface area is 108 Å². The van der Waals surface area contributed by atoms with Crippen molar-refractivity contribution in [2.75, 3.05) is 0 Å². The van der Waals surface area contributed by atoms with Crippen molar-refractivity contribution < 1.29 is 0 Å². The standard InChI is InChI=1S/C15H22N2O/c18-15-12-8-4-1-2-5-9-13(12)16-14-10-6-3-7-11-17(14)15/h1-11H2. The molecule has 0 N–H and O–H groups in total. The number of fused-ring (bicyclic) bond motifs is 2. The molecule has 0 saturated heterocycles. The quantitative estimate of drug-likeness (QED) is 0.705. The van der Waals surface area contributed by atoms with E-state index in [4.69, 9.17) is 4.98 Å². The van der Waals surface area contributed by atoms with Crippen molar-refractivity contribution in [2.45, 2.75) is 70.8 Å². The summed E-state index contributed by atoms with van der Waals surface area (Å²) in [5.74, 6) is 1.05. The van der Waals surface area contributed by atoms with Crippen LogP contribution >= 0.6 is 0 Å². The minimum atomic E-state index is 0.277. The largest absolute Gasteiger partial charge is 0.296 e. The van der Waals surface area contributed by atoms with Gasteiger partial charge in [0, 0.05) is 18.5 Å². The van der Waals surface area contributed by atoms with Crippen LogP contribution in [0, 0.1) is 0 Å². The monoisotopic (exact) mass is 246 g/mol. The second kappa shape index (κ2) is 5.25. The highest BCUT2D eigenvalue weighted by atomic mass is 16.1. The van der Waals surface area contributed by atoms with E-state index >= 15 is 0 Å². The molecule has 2 aliphatic rings. The molecule has 0 amide bonds. The molecule has 2 heterocycles. The summed E-state index contributed by atoms with van der Waals surface area (Å²) in [6.45, 7) is 0.883. The number of nitrogens with zero attached hydrogens (tertiary/aromatic N) is 2. The summed E-state index contributed by atoms with van der Waals surface area (Å²) in [5.41, 5.74) is 2.42. The molecule has 3 nitrogen and oxygen atoms in total. The molecule has 0 fully saturated rings. The molecule has 98 valence electrons. The molecule has 0 saturated carbocycles. The third-order valence-corrected chi connectivity index (χ3v) is 4.30. The Bertz CT molecular complexity index is 490. The van der Waals surface area contributed by atoms with Crippen LogP contribution in [0.4, 0.5) is 0 Å². The summed E-state index contributed by atoms with van der Waals surface area (Å²) in [4.78, 5) is 17.4. The fraction of sp³-hybridized carbons (Fsp3) is 0.733. The highest BCUT2D eigenvalue weighted by Crippen LogP contribution is 2.18. The summed E-state index contributed by atoms with van der Waals surface area (Å²) in [6, 6.07) is 0. The van der Waals surface area contributed by atoms with E-state index in [0.717, 1.165) is 55.7 Å². The highest BCUT2D eigenvalue weighted by Gasteiger charge is 2.18. The van der Waals surface area contributed by atoms with Crippen molar-refractivity contribution in [1.82, 2.24) is 9.55 Å². The minimum absolute atomic E-state index is 0.277. The zero-order chi connectivity index (χ0) is 12.4. The number of aromatic nitrogens is 2. The third kappa shape index (κ3) is 2.23. The van der Waals surface area contributed by atoms with E-state index in [9.17, 15) is 4.79 Å². The van der Waals surface area contributed by atoms with E-state index < -0.39 is 0 Å². The molecule has 1 aliphatic carbocycles. The second-order valence-corrected chi connectivity index (χ2v) is 5.63. The van der Waals surface area contributed by atoms with Crippen LogP contribution in [0.1, 0.15) is 62.0 Å². The molecule has 1 aromatic heterocycles. The van der Waals surface area contributed by atoms with Gasteiger partial charge in [-0.25, -0.2) is 4.98 Å². The topological polar surface area (TPSA) is 34.9 Å². The van der Waals surface area contributed by atoms with E-state index in [1.165, 1.54) is 32.1 Å². The number of aryl methyl sites for hydroxylation is 2. The maximum atomic E-state index is 12.6. The van der Waals surface area contributed by atoms with Gasteiger partial charge in [0.2, 0.25) is 0 Å². The molecule has 0 radical (unpaired) electrons. The van der Waals surface area contributed by atoms with Gasteiger partial charge in [0.05, 0.1) is 5.69 Å². The average Bonchev–Trinajstić information content (AvgIpc) is 2.57. The van der Waals surface area contributed by atoms with Gasteiger partial charge >= 0.3 is 0 Å². The first-order valence-electron chi connectivity index (χ1n) is 7.48. The Kier molecular flexibility index (Phi) is 3.48. The van der Waals surface area contributed by atoms with Gasteiger partial charge in [-0.05, 0) is 38.5 Å². The molecular formula is C15H22N2O. The van der Waals surface area contributed by atoms with Gasteiger partial charge in [-0.1, -0.05) is 19.3 Å². The van der Waals surface area contributed by atoms with Gasteiger partial charge in [0.15, 0.2) is 0 Å². The Morgan fingerprint density at radius 1 is 0.833 bits per heavy atom. The molecule has 18 heavy (non-hydrogen) atoms. The lowest BCUT2D eigenvalue weighted by Crippen LogP contribution is -2.30. The van der Waals surface area contributed by atoms with Crippen molar-refractivity contribution in [2.24, 2.45) is 0 Å². The summed E-state index contributed by atoms with van der Waals surface area (Å²) in [7, 11) is 0. The molecular weight excluding hydrogens is 224 g/mol. The molecule has 1 aromatic rings. The molecule has 0 atom stereocenters. The van der Waals surface area contributed by atoms with E-state index in [1.807, 2.05) is 4.57 Å². The van der Waals surface area contributed by atoms with Crippen LogP contribution < -0.4 is 5.56 Å². The SMILES string of the molecule is O=c1c2c(nc3n1CCCCC3)CCCCCC2. The van der Waals surface area contributed by atoms with Crippen molar-refractivity contribution in [3.05, 3.63) is 27.4 Å². The number of rotatable bonds is 0. The van der Waals surface area contributed by atoms with Gasteiger partial charge in [0.1, 0.15) is 5.82 Å². The lowest BCUT2D eigenvalue weighted by Gasteiger charge is -2.17. The van der Waals surface area contributed by atoms with Gasteiger partial charge < -0.3 is 0 Å². The Morgan fingerprint density at radius 3 is 2.44 bits per heavy atom. The normalized spacial score (nSPS) is 20.2. The maximum absolute atomic E-state index is 12.6. The maximum Gasteiger partial charge on any atom is 0.256 e. The Hall–Kier alpha value is -1.12. The van der Waals surface area contributed by atoms with Crippen LogP contribution in [0.15, 0.2) is 4.79 Å². The smallest absolute Gasteiger partial charge is 0.256 e. The van der Waals surface area contributed by atoms with Crippen LogP contribution in [0.3, 0.4) is 0 Å². The van der Waals surface area contributed by atoms with E-state index in [2.05, 4.69) is 0 Å². The van der Waals surface area contributed by atoms with Crippen LogP contribution in [-0.4, -0.2) is 9.55 Å². The predicted octanol–water partition coefficient (Wildman–Crippen LogP) is 2.63. The van der Waals surface area contributed by atoms with Crippen LogP contribution in [0.2, 0.25) is 0 Å². The molecule has 0 aromatic carbocycles. The molecule has 0 unspecified atom stereocenters. The molecule has 0 bridgehead atoms. The summed E-state index contributed by atoms with van der Waals surface area (Å²) in [5, 5.41) is 0. The van der Waals surface area contributed by atoms with Crippen molar-refractivity contribution in [1.29, 1.82) is 0 Å². The summed E-state index contributed by atoms with van der Waals surface area (Å²) < 4.78 is 1.97. The lowest BCUT2D eigenvalue weighted by molar-refractivity contribution is 0.564. The summed E-state index contributed by atoms with van der Waals surface area (Å²) >= 11 is 0. The van der Waals surface area contributed by atoms with Crippen molar-refractivity contribution in [3.63, 3.8) is 0 Å². The highest BCUT2D eigenvalue weighted by molar-refractivity contribution is 5.20. The molecule has 1 aliphatic heterocycles. The van der Waals surface area contributed by atoms with Crippen LogP contribution in [0.5, 0.6) is 0 Å². The lowest BCUT2D eigenvalue weighted by atomic mass is 9.98. The zero-order valence-corrected chi connectivity index (χ0v) is 11.1. The molecule has 0 spiro atoms. The fourth-order valence-corrected chi connectivity index (χ4v) is 3.24. The van der Waals surface area contributed by atoms with Crippen LogP contribution in [-0.2, 0) is 25.8 Å². The van der Waals surface area contributed by atoms with Crippen molar-refractivity contribution >= 4 is 0 Å². The second-order valence-electron chi connectivity index (χ2n) is 5.63. The number of hydrogen-bond donors (Lipinski definition) is 0. The first-order chi connectivity index (χ1) is 8.86. The number of hydrogen-bond acceptors (Lipinski definition) is 2. The van der Waals surface area contributed by atoms with E-state index in [1.54, 1.807) is 0 Å². The molecule has 3 heteroatoms. The molecule has 3 rings (SSSR count). The Balaban J connectivity index is 2.08. The van der Waals surface area contributed by atoms with Gasteiger partial charge in [-0.2, -0.15) is 0 Å². The first kappa shape index (κ1) is 11.9. The van der Waals surface area contributed by atoms with E-state index in [0.29, 0.717) is 0 Å². The predicted molar refractivity (Wildman–Crippen MR) is 71.9 cm³/mol.